The number of pyridine rings is 1. The molecule has 1 heterocycles. The molecule has 0 atom stereocenters. The van der Waals surface area contributed by atoms with Crippen molar-refractivity contribution in [1.29, 1.82) is 0 Å². The summed E-state index contributed by atoms with van der Waals surface area (Å²) in [6.07, 6.45) is 6.40. The SMILES string of the molecule is CCN(CC(=O)OC)C(=O)/C=C/c1cccnc1. The average Bonchev–Trinajstić information content (AvgIpc) is 2.42. The number of aromatic nitrogens is 1. The molecule has 0 aliphatic rings. The maximum absolute atomic E-state index is 11.8. The Hall–Kier alpha value is -2.17. The summed E-state index contributed by atoms with van der Waals surface area (Å²) < 4.78 is 4.53. The van der Waals surface area contributed by atoms with Crippen LogP contribution in [0, 0.1) is 0 Å². The third kappa shape index (κ3) is 4.37. The Morgan fingerprint density at radius 3 is 2.83 bits per heavy atom. The largest absolute Gasteiger partial charge is 0.468 e. The van der Waals surface area contributed by atoms with E-state index in [9.17, 15) is 9.59 Å². The molecule has 1 aromatic rings. The van der Waals surface area contributed by atoms with E-state index in [1.807, 2.05) is 6.07 Å². The minimum atomic E-state index is -0.431. The minimum absolute atomic E-state index is 0.0385. The Balaban J connectivity index is 2.62. The van der Waals surface area contributed by atoms with Gasteiger partial charge in [-0.25, -0.2) is 0 Å². The van der Waals surface area contributed by atoms with Crippen LogP contribution in [0.4, 0.5) is 0 Å². The molecule has 0 N–H and O–H groups in total. The summed E-state index contributed by atoms with van der Waals surface area (Å²) in [4.78, 5) is 28.3. The van der Waals surface area contributed by atoms with Crippen molar-refractivity contribution in [3.8, 4) is 0 Å². The predicted octanol–water partition coefficient (Wildman–Crippen LogP) is 1.12. The highest BCUT2D eigenvalue weighted by molar-refractivity contribution is 5.93. The third-order valence-electron chi connectivity index (χ3n) is 2.34. The van der Waals surface area contributed by atoms with E-state index in [1.165, 1.54) is 18.1 Å². The van der Waals surface area contributed by atoms with Crippen LogP contribution in [0.1, 0.15) is 12.5 Å². The molecule has 0 saturated heterocycles. The molecule has 5 nitrogen and oxygen atoms in total. The van der Waals surface area contributed by atoms with Gasteiger partial charge < -0.3 is 9.64 Å². The molecule has 0 spiro atoms. The van der Waals surface area contributed by atoms with Crippen molar-refractivity contribution in [3.05, 3.63) is 36.2 Å². The van der Waals surface area contributed by atoms with E-state index >= 15 is 0 Å². The average molecular weight is 248 g/mol. The zero-order chi connectivity index (χ0) is 13.4. The second-order valence-electron chi connectivity index (χ2n) is 3.55. The van der Waals surface area contributed by atoms with E-state index in [0.717, 1.165) is 5.56 Å². The van der Waals surface area contributed by atoms with Crippen LogP contribution in [0.15, 0.2) is 30.6 Å². The Bertz CT molecular complexity index is 429. The molecule has 96 valence electrons. The van der Waals surface area contributed by atoms with Gasteiger partial charge in [0.25, 0.3) is 0 Å². The lowest BCUT2D eigenvalue weighted by Crippen LogP contribution is -2.34. The Labute approximate surface area is 106 Å². The summed E-state index contributed by atoms with van der Waals surface area (Å²) in [6.45, 7) is 2.22. The number of likely N-dealkylation sites (N-methyl/N-ethyl adjacent to an activating group) is 1. The van der Waals surface area contributed by atoms with Crippen LogP contribution in [0.2, 0.25) is 0 Å². The smallest absolute Gasteiger partial charge is 0.325 e. The van der Waals surface area contributed by atoms with Crippen LogP contribution in [-0.4, -0.2) is 42.0 Å². The van der Waals surface area contributed by atoms with Crippen molar-refractivity contribution >= 4 is 18.0 Å². The van der Waals surface area contributed by atoms with Crippen molar-refractivity contribution in [2.45, 2.75) is 6.92 Å². The molecule has 1 rings (SSSR count). The molecule has 0 unspecified atom stereocenters. The van der Waals surface area contributed by atoms with Gasteiger partial charge >= 0.3 is 5.97 Å². The molecule has 0 aliphatic carbocycles. The minimum Gasteiger partial charge on any atom is -0.468 e. The van der Waals surface area contributed by atoms with Gasteiger partial charge in [-0.1, -0.05) is 6.07 Å². The van der Waals surface area contributed by atoms with Crippen molar-refractivity contribution < 1.29 is 14.3 Å². The van der Waals surface area contributed by atoms with E-state index in [0.29, 0.717) is 6.54 Å². The van der Waals surface area contributed by atoms with Gasteiger partial charge in [0.2, 0.25) is 5.91 Å². The summed E-state index contributed by atoms with van der Waals surface area (Å²) >= 11 is 0. The highest BCUT2D eigenvalue weighted by Gasteiger charge is 2.12. The summed E-state index contributed by atoms with van der Waals surface area (Å²) in [7, 11) is 1.30. The van der Waals surface area contributed by atoms with E-state index in [2.05, 4.69) is 9.72 Å². The zero-order valence-electron chi connectivity index (χ0n) is 10.5. The van der Waals surface area contributed by atoms with Crippen LogP contribution in [0.25, 0.3) is 6.08 Å². The number of amides is 1. The maximum atomic E-state index is 11.8. The number of ether oxygens (including phenoxy) is 1. The van der Waals surface area contributed by atoms with Gasteiger partial charge in [0.1, 0.15) is 6.54 Å². The molecule has 0 radical (unpaired) electrons. The van der Waals surface area contributed by atoms with Gasteiger partial charge in [-0.3, -0.25) is 14.6 Å². The lowest BCUT2D eigenvalue weighted by Gasteiger charge is -2.17. The van der Waals surface area contributed by atoms with E-state index < -0.39 is 5.97 Å². The standard InChI is InChI=1S/C13H16N2O3/c1-3-15(10-13(17)18-2)12(16)7-6-11-5-4-8-14-9-11/h4-9H,3,10H2,1-2H3/b7-6+. The summed E-state index contributed by atoms with van der Waals surface area (Å²) in [5.74, 6) is -0.660. The van der Waals surface area contributed by atoms with Crippen molar-refractivity contribution in [2.75, 3.05) is 20.2 Å². The highest BCUT2D eigenvalue weighted by Crippen LogP contribution is 2.00. The third-order valence-corrected chi connectivity index (χ3v) is 2.34. The fourth-order valence-corrected chi connectivity index (χ4v) is 1.31. The number of esters is 1. The number of nitrogens with zero attached hydrogens (tertiary/aromatic N) is 2. The molecule has 0 aliphatic heterocycles. The Morgan fingerprint density at radius 2 is 2.28 bits per heavy atom. The fourth-order valence-electron chi connectivity index (χ4n) is 1.31. The van der Waals surface area contributed by atoms with Crippen molar-refractivity contribution in [1.82, 2.24) is 9.88 Å². The first-order valence-corrected chi connectivity index (χ1v) is 5.61. The molecule has 1 amide bonds. The lowest BCUT2D eigenvalue weighted by atomic mass is 10.2. The highest BCUT2D eigenvalue weighted by atomic mass is 16.5. The Morgan fingerprint density at radius 1 is 1.50 bits per heavy atom. The number of hydrogen-bond donors (Lipinski definition) is 0. The van der Waals surface area contributed by atoms with Crippen molar-refractivity contribution in [2.24, 2.45) is 0 Å². The molecule has 0 aromatic carbocycles. The van der Waals surface area contributed by atoms with Crippen LogP contribution in [0.5, 0.6) is 0 Å². The van der Waals surface area contributed by atoms with Gasteiger partial charge in [-0.15, -0.1) is 0 Å². The molecule has 0 bridgehead atoms. The molecular weight excluding hydrogens is 232 g/mol. The number of carbonyl (C=O) groups is 2. The molecule has 18 heavy (non-hydrogen) atoms. The van der Waals surface area contributed by atoms with Crippen molar-refractivity contribution in [3.63, 3.8) is 0 Å². The zero-order valence-corrected chi connectivity index (χ0v) is 10.5. The number of carbonyl (C=O) groups excluding carboxylic acids is 2. The van der Waals surface area contributed by atoms with Gasteiger partial charge in [-0.05, 0) is 24.6 Å². The van der Waals surface area contributed by atoms with Gasteiger partial charge in [0, 0.05) is 25.0 Å². The van der Waals surface area contributed by atoms with Crippen LogP contribution in [0.3, 0.4) is 0 Å². The topological polar surface area (TPSA) is 59.5 Å². The van der Waals surface area contributed by atoms with E-state index in [4.69, 9.17) is 0 Å². The van der Waals surface area contributed by atoms with Gasteiger partial charge in [-0.2, -0.15) is 0 Å². The second-order valence-corrected chi connectivity index (χ2v) is 3.55. The lowest BCUT2D eigenvalue weighted by molar-refractivity contribution is -0.145. The normalized spacial score (nSPS) is 10.3. The second kappa shape index (κ2) is 7.21. The van der Waals surface area contributed by atoms with Crippen LogP contribution in [-0.2, 0) is 14.3 Å². The summed E-state index contributed by atoms with van der Waals surface area (Å²) in [5, 5.41) is 0. The number of hydrogen-bond acceptors (Lipinski definition) is 4. The first-order chi connectivity index (χ1) is 8.67. The van der Waals surface area contributed by atoms with Gasteiger partial charge in [0.05, 0.1) is 7.11 Å². The molecular formula is C13H16N2O3. The maximum Gasteiger partial charge on any atom is 0.325 e. The predicted molar refractivity (Wildman–Crippen MR) is 67.5 cm³/mol. The molecule has 5 heteroatoms. The van der Waals surface area contributed by atoms with Crippen LogP contribution < -0.4 is 0 Å². The number of methoxy groups -OCH3 is 1. The van der Waals surface area contributed by atoms with E-state index in [-0.39, 0.29) is 12.5 Å². The quantitative estimate of drug-likeness (QED) is 0.578. The van der Waals surface area contributed by atoms with Crippen LogP contribution >= 0.6 is 0 Å². The van der Waals surface area contributed by atoms with Gasteiger partial charge in [0.15, 0.2) is 0 Å². The summed E-state index contributed by atoms with van der Waals surface area (Å²) in [5.41, 5.74) is 0.833. The molecule has 0 saturated carbocycles. The molecule has 0 fully saturated rings. The van der Waals surface area contributed by atoms with E-state index in [1.54, 1.807) is 31.5 Å². The fraction of sp³-hybridized carbons (Fsp3) is 0.308. The summed E-state index contributed by atoms with van der Waals surface area (Å²) in [6, 6.07) is 3.63. The first kappa shape index (κ1) is 13.9. The molecule has 1 aromatic heterocycles. The first-order valence-electron chi connectivity index (χ1n) is 5.61. The monoisotopic (exact) mass is 248 g/mol. The number of rotatable bonds is 5. The Kier molecular flexibility index (Phi) is 5.57.